The van der Waals surface area contributed by atoms with E-state index in [1.54, 1.807) is 0 Å². The van der Waals surface area contributed by atoms with E-state index in [-0.39, 0.29) is 5.38 Å². The van der Waals surface area contributed by atoms with Gasteiger partial charge in [0.05, 0.1) is 0 Å². The first-order valence-corrected chi connectivity index (χ1v) is 4.93. The van der Waals surface area contributed by atoms with Crippen LogP contribution >= 0.6 is 23.2 Å². The lowest BCUT2D eigenvalue weighted by atomic mass is 10.0. The molecule has 0 heterocycles. The van der Waals surface area contributed by atoms with E-state index in [2.05, 4.69) is 13.8 Å². The summed E-state index contributed by atoms with van der Waals surface area (Å²) in [7, 11) is 0. The molecular formula is C8H16Cl2. The van der Waals surface area contributed by atoms with Crippen LogP contribution in [0.5, 0.6) is 0 Å². The van der Waals surface area contributed by atoms with Gasteiger partial charge in [-0.05, 0) is 12.3 Å². The Balaban J connectivity index is 3.53. The lowest BCUT2D eigenvalue weighted by molar-refractivity contribution is 0.505. The Morgan fingerprint density at radius 1 is 1.30 bits per heavy atom. The number of hydrogen-bond donors (Lipinski definition) is 0. The van der Waals surface area contributed by atoms with Crippen LogP contribution in [0.1, 0.15) is 33.1 Å². The Kier molecular flexibility index (Phi) is 6.67. The standard InChI is InChI=1S/C8H16Cl2/c1-3-5-8(10)7(4-2)6-9/h7-8H,3-6H2,1-2H3/t7-,8-/m0/s1. The molecule has 0 radical (unpaired) electrons. The zero-order valence-electron chi connectivity index (χ0n) is 6.74. The van der Waals surface area contributed by atoms with Crippen molar-refractivity contribution in [3.63, 3.8) is 0 Å². The molecule has 0 aromatic rings. The van der Waals surface area contributed by atoms with Crippen molar-refractivity contribution in [3.05, 3.63) is 0 Å². The molecule has 0 spiro atoms. The Morgan fingerprint density at radius 2 is 1.90 bits per heavy atom. The van der Waals surface area contributed by atoms with Crippen molar-refractivity contribution in [1.29, 1.82) is 0 Å². The van der Waals surface area contributed by atoms with Gasteiger partial charge in [-0.1, -0.05) is 26.7 Å². The maximum atomic E-state index is 6.06. The highest BCUT2D eigenvalue weighted by Crippen LogP contribution is 2.20. The molecule has 0 fully saturated rings. The van der Waals surface area contributed by atoms with E-state index in [0.717, 1.165) is 19.3 Å². The first-order valence-electron chi connectivity index (χ1n) is 3.96. The minimum Gasteiger partial charge on any atom is -0.126 e. The minimum atomic E-state index is 0.285. The van der Waals surface area contributed by atoms with Crippen molar-refractivity contribution in [2.24, 2.45) is 5.92 Å². The summed E-state index contributed by atoms with van der Waals surface area (Å²) in [6, 6.07) is 0. The molecule has 0 aromatic carbocycles. The van der Waals surface area contributed by atoms with Crippen LogP contribution in [0.15, 0.2) is 0 Å². The summed E-state index contributed by atoms with van der Waals surface area (Å²) < 4.78 is 0. The van der Waals surface area contributed by atoms with Crippen molar-refractivity contribution in [1.82, 2.24) is 0 Å². The molecule has 0 amide bonds. The number of hydrogen-bond acceptors (Lipinski definition) is 0. The minimum absolute atomic E-state index is 0.285. The highest BCUT2D eigenvalue weighted by Gasteiger charge is 2.14. The van der Waals surface area contributed by atoms with Gasteiger partial charge >= 0.3 is 0 Å². The second-order valence-electron chi connectivity index (χ2n) is 2.63. The Bertz CT molecular complexity index is 69.7. The molecule has 0 aliphatic rings. The molecule has 0 unspecified atom stereocenters. The molecule has 2 atom stereocenters. The molecule has 0 aliphatic heterocycles. The summed E-state index contributed by atoms with van der Waals surface area (Å²) in [5.74, 6) is 1.20. The molecule has 0 saturated carbocycles. The lowest BCUT2D eigenvalue weighted by Gasteiger charge is -2.16. The van der Waals surface area contributed by atoms with Crippen molar-refractivity contribution in [2.45, 2.75) is 38.5 Å². The lowest BCUT2D eigenvalue weighted by Crippen LogP contribution is -2.15. The van der Waals surface area contributed by atoms with Crippen LogP contribution in [0.2, 0.25) is 0 Å². The summed E-state index contributed by atoms with van der Waals surface area (Å²) in [6.45, 7) is 4.29. The second-order valence-corrected chi connectivity index (χ2v) is 3.50. The van der Waals surface area contributed by atoms with Crippen LogP contribution in [-0.2, 0) is 0 Å². The molecule has 0 saturated heterocycles. The van der Waals surface area contributed by atoms with Crippen LogP contribution in [0, 0.1) is 5.92 Å². The van der Waals surface area contributed by atoms with Crippen molar-refractivity contribution >= 4 is 23.2 Å². The Morgan fingerprint density at radius 3 is 2.20 bits per heavy atom. The van der Waals surface area contributed by atoms with E-state index in [1.165, 1.54) is 0 Å². The molecule has 0 nitrogen and oxygen atoms in total. The van der Waals surface area contributed by atoms with Gasteiger partial charge in [0, 0.05) is 11.3 Å². The molecule has 0 rings (SSSR count). The van der Waals surface area contributed by atoms with Gasteiger partial charge in [-0.2, -0.15) is 0 Å². The van der Waals surface area contributed by atoms with Crippen molar-refractivity contribution < 1.29 is 0 Å². The van der Waals surface area contributed by atoms with Gasteiger partial charge in [0.1, 0.15) is 0 Å². The molecule has 0 N–H and O–H groups in total. The topological polar surface area (TPSA) is 0 Å². The second kappa shape index (κ2) is 6.30. The summed E-state index contributed by atoms with van der Waals surface area (Å²) in [4.78, 5) is 0. The molecular weight excluding hydrogens is 167 g/mol. The number of rotatable bonds is 5. The fourth-order valence-electron chi connectivity index (χ4n) is 0.973. The third-order valence-electron chi connectivity index (χ3n) is 1.80. The highest BCUT2D eigenvalue weighted by atomic mass is 35.5. The largest absolute Gasteiger partial charge is 0.126 e. The molecule has 0 aliphatic carbocycles. The van der Waals surface area contributed by atoms with Crippen LogP contribution in [0.25, 0.3) is 0 Å². The van der Waals surface area contributed by atoms with E-state index in [0.29, 0.717) is 11.8 Å². The number of halogens is 2. The number of alkyl halides is 2. The van der Waals surface area contributed by atoms with Gasteiger partial charge in [0.25, 0.3) is 0 Å². The maximum Gasteiger partial charge on any atom is 0.0375 e. The van der Waals surface area contributed by atoms with Gasteiger partial charge in [0.2, 0.25) is 0 Å². The van der Waals surface area contributed by atoms with E-state index in [9.17, 15) is 0 Å². The quantitative estimate of drug-likeness (QED) is 0.570. The fourth-order valence-corrected chi connectivity index (χ4v) is 1.98. The summed E-state index contributed by atoms with van der Waals surface area (Å²) in [6.07, 6.45) is 3.34. The summed E-state index contributed by atoms with van der Waals surface area (Å²) in [5.41, 5.74) is 0. The van der Waals surface area contributed by atoms with Crippen LogP contribution < -0.4 is 0 Å². The molecule has 0 aromatic heterocycles. The van der Waals surface area contributed by atoms with E-state index in [4.69, 9.17) is 23.2 Å². The third-order valence-corrected chi connectivity index (χ3v) is 2.77. The van der Waals surface area contributed by atoms with E-state index < -0.39 is 0 Å². The SMILES string of the molecule is CCC[C@H](Cl)[C@@H](CC)CCl. The summed E-state index contributed by atoms with van der Waals surface area (Å²) in [5, 5.41) is 0.285. The summed E-state index contributed by atoms with van der Waals surface area (Å²) >= 11 is 11.8. The normalized spacial score (nSPS) is 16.8. The maximum absolute atomic E-state index is 6.06. The van der Waals surface area contributed by atoms with Gasteiger partial charge in [-0.25, -0.2) is 0 Å². The Hall–Kier alpha value is 0.580. The molecule has 0 bridgehead atoms. The monoisotopic (exact) mass is 182 g/mol. The zero-order valence-corrected chi connectivity index (χ0v) is 8.25. The van der Waals surface area contributed by atoms with Crippen molar-refractivity contribution in [3.8, 4) is 0 Å². The van der Waals surface area contributed by atoms with Gasteiger partial charge in [-0.3, -0.25) is 0 Å². The average Bonchev–Trinajstić information content (AvgIpc) is 1.91. The Labute approximate surface area is 73.9 Å². The van der Waals surface area contributed by atoms with Gasteiger partial charge < -0.3 is 0 Å². The highest BCUT2D eigenvalue weighted by molar-refractivity contribution is 6.22. The van der Waals surface area contributed by atoms with Crippen LogP contribution in [-0.4, -0.2) is 11.3 Å². The fraction of sp³-hybridized carbons (Fsp3) is 1.00. The molecule has 62 valence electrons. The van der Waals surface area contributed by atoms with Gasteiger partial charge in [-0.15, -0.1) is 23.2 Å². The molecule has 2 heteroatoms. The zero-order chi connectivity index (χ0) is 7.98. The predicted octanol–water partition coefficient (Wildman–Crippen LogP) is 3.66. The van der Waals surface area contributed by atoms with Crippen molar-refractivity contribution in [2.75, 3.05) is 5.88 Å². The smallest absolute Gasteiger partial charge is 0.0375 e. The molecule has 10 heavy (non-hydrogen) atoms. The van der Waals surface area contributed by atoms with Crippen LogP contribution in [0.3, 0.4) is 0 Å². The predicted molar refractivity (Wildman–Crippen MR) is 49.1 cm³/mol. The van der Waals surface area contributed by atoms with E-state index in [1.807, 2.05) is 0 Å². The first-order chi connectivity index (χ1) is 4.76. The van der Waals surface area contributed by atoms with Crippen LogP contribution in [0.4, 0.5) is 0 Å². The average molecular weight is 183 g/mol. The van der Waals surface area contributed by atoms with E-state index >= 15 is 0 Å². The van der Waals surface area contributed by atoms with Gasteiger partial charge in [0.15, 0.2) is 0 Å². The first kappa shape index (κ1) is 10.6. The third kappa shape index (κ3) is 3.68.